The average molecular weight is 307 g/mol. The fourth-order valence-electron chi connectivity index (χ4n) is 2.52. The minimum absolute atomic E-state index is 0.150. The Kier molecular flexibility index (Phi) is 3.93. The summed E-state index contributed by atoms with van der Waals surface area (Å²) in [4.78, 5) is 24.4. The van der Waals surface area contributed by atoms with Crippen LogP contribution in [0.25, 0.3) is 10.9 Å². The third kappa shape index (κ3) is 2.99. The van der Waals surface area contributed by atoms with Gasteiger partial charge in [-0.25, -0.2) is 0 Å². The first-order valence-corrected chi connectivity index (χ1v) is 7.40. The van der Waals surface area contributed by atoms with Gasteiger partial charge in [0.25, 0.3) is 0 Å². The highest BCUT2D eigenvalue weighted by Gasteiger charge is 2.18. The van der Waals surface area contributed by atoms with Gasteiger partial charge in [-0.15, -0.1) is 0 Å². The van der Waals surface area contributed by atoms with Crippen molar-refractivity contribution in [3.05, 3.63) is 70.5 Å². The number of carbonyl (C=O) groups excluding carboxylic acids is 1. The summed E-state index contributed by atoms with van der Waals surface area (Å²) >= 11 is 0. The van der Waals surface area contributed by atoms with E-state index < -0.39 is 6.04 Å². The van der Waals surface area contributed by atoms with E-state index in [0.717, 1.165) is 11.3 Å². The second-order valence-corrected chi connectivity index (χ2v) is 5.51. The highest BCUT2D eigenvalue weighted by Crippen LogP contribution is 2.16. The Balaban J connectivity index is 1.94. The number of hydrogen-bond donors (Lipinski definition) is 1. The van der Waals surface area contributed by atoms with Crippen LogP contribution in [0.4, 0.5) is 5.69 Å². The first kappa shape index (κ1) is 15.0. The lowest BCUT2D eigenvalue weighted by molar-refractivity contribution is -0.119. The molecule has 23 heavy (non-hydrogen) atoms. The summed E-state index contributed by atoms with van der Waals surface area (Å²) in [6.07, 6.45) is 1.25. The van der Waals surface area contributed by atoms with Gasteiger partial charge in [0.15, 0.2) is 0 Å². The molecule has 1 amide bonds. The molecule has 5 heteroatoms. The van der Waals surface area contributed by atoms with E-state index in [1.807, 2.05) is 37.3 Å². The number of rotatable bonds is 3. The number of nitrogens with one attached hydrogen (secondary N) is 1. The summed E-state index contributed by atoms with van der Waals surface area (Å²) in [5.74, 6) is -0.183. The van der Waals surface area contributed by atoms with Gasteiger partial charge in [0.1, 0.15) is 6.04 Å². The molecule has 1 aromatic heterocycles. The molecule has 0 aliphatic heterocycles. The van der Waals surface area contributed by atoms with Crippen molar-refractivity contribution in [1.29, 1.82) is 0 Å². The third-order valence-electron chi connectivity index (χ3n) is 3.75. The molecule has 0 aliphatic carbocycles. The molecule has 5 nitrogen and oxygen atoms in total. The van der Waals surface area contributed by atoms with Crippen LogP contribution in [0.1, 0.15) is 18.5 Å². The molecule has 0 radical (unpaired) electrons. The lowest BCUT2D eigenvalue weighted by atomic mass is 10.2. The van der Waals surface area contributed by atoms with Crippen LogP contribution in [0.15, 0.2) is 59.5 Å². The van der Waals surface area contributed by atoms with Gasteiger partial charge < -0.3 is 5.32 Å². The summed E-state index contributed by atoms with van der Waals surface area (Å²) in [5, 5.41) is 7.57. The minimum Gasteiger partial charge on any atom is -0.324 e. The third-order valence-corrected chi connectivity index (χ3v) is 3.75. The van der Waals surface area contributed by atoms with E-state index in [4.69, 9.17) is 0 Å². The number of amides is 1. The van der Waals surface area contributed by atoms with Gasteiger partial charge in [0.05, 0.1) is 11.7 Å². The molecule has 0 unspecified atom stereocenters. The number of aromatic nitrogens is 2. The molecular formula is C18H17N3O2. The van der Waals surface area contributed by atoms with Crippen LogP contribution < -0.4 is 10.7 Å². The molecular weight excluding hydrogens is 290 g/mol. The summed E-state index contributed by atoms with van der Waals surface area (Å²) in [6, 6.07) is 14.2. The van der Waals surface area contributed by atoms with E-state index in [-0.39, 0.29) is 11.3 Å². The van der Waals surface area contributed by atoms with Crippen molar-refractivity contribution in [3.63, 3.8) is 0 Å². The van der Waals surface area contributed by atoms with Crippen molar-refractivity contribution < 1.29 is 4.79 Å². The van der Waals surface area contributed by atoms with Gasteiger partial charge in [0, 0.05) is 11.1 Å². The second-order valence-electron chi connectivity index (χ2n) is 5.51. The quantitative estimate of drug-likeness (QED) is 0.809. The van der Waals surface area contributed by atoms with Gasteiger partial charge in [-0.05, 0) is 43.7 Å². The molecule has 0 saturated heterocycles. The van der Waals surface area contributed by atoms with Gasteiger partial charge in [-0.3, -0.25) is 14.3 Å². The Hall–Kier alpha value is -2.95. The average Bonchev–Trinajstić information content (AvgIpc) is 2.55. The predicted octanol–water partition coefficient (Wildman–Crippen LogP) is 2.90. The number of nitrogens with zero attached hydrogens (tertiary/aromatic N) is 2. The number of anilines is 1. The molecule has 0 aliphatic rings. The molecule has 0 saturated carbocycles. The summed E-state index contributed by atoms with van der Waals surface area (Å²) in [6.45, 7) is 3.73. The molecule has 1 atom stereocenters. The summed E-state index contributed by atoms with van der Waals surface area (Å²) in [7, 11) is 0. The highest BCUT2D eigenvalue weighted by atomic mass is 16.2. The number of aryl methyl sites for hydroxylation is 1. The summed E-state index contributed by atoms with van der Waals surface area (Å²) < 4.78 is 1.57. The van der Waals surface area contributed by atoms with Crippen LogP contribution in [0.3, 0.4) is 0 Å². The van der Waals surface area contributed by atoms with Crippen molar-refractivity contribution in [2.24, 2.45) is 0 Å². The second kappa shape index (κ2) is 6.04. The molecule has 0 bridgehead atoms. The Morgan fingerprint density at radius 3 is 2.74 bits per heavy atom. The number of benzene rings is 2. The Morgan fingerprint density at radius 1 is 1.17 bits per heavy atom. The van der Waals surface area contributed by atoms with E-state index in [1.165, 1.54) is 6.20 Å². The van der Waals surface area contributed by atoms with Crippen LogP contribution in [0.5, 0.6) is 0 Å². The number of hydrogen-bond acceptors (Lipinski definition) is 3. The molecule has 0 spiro atoms. The molecule has 2 aromatic carbocycles. The van der Waals surface area contributed by atoms with Crippen LogP contribution >= 0.6 is 0 Å². The van der Waals surface area contributed by atoms with E-state index in [9.17, 15) is 9.59 Å². The maximum atomic E-state index is 12.5. The van der Waals surface area contributed by atoms with E-state index in [1.54, 1.807) is 29.8 Å². The zero-order valence-electron chi connectivity index (χ0n) is 13.0. The van der Waals surface area contributed by atoms with Crippen molar-refractivity contribution in [2.75, 3.05) is 5.32 Å². The summed E-state index contributed by atoms with van der Waals surface area (Å²) in [5.41, 5.74) is 2.31. The highest BCUT2D eigenvalue weighted by molar-refractivity contribution is 5.94. The molecule has 3 aromatic rings. The first-order valence-electron chi connectivity index (χ1n) is 7.40. The number of para-hydroxylation sites is 1. The molecule has 3 rings (SSSR count). The van der Waals surface area contributed by atoms with Crippen molar-refractivity contribution in [2.45, 2.75) is 19.9 Å². The van der Waals surface area contributed by atoms with Gasteiger partial charge in [-0.2, -0.15) is 5.10 Å². The van der Waals surface area contributed by atoms with Crippen molar-refractivity contribution in [1.82, 2.24) is 9.78 Å². The largest absolute Gasteiger partial charge is 0.324 e. The molecule has 1 heterocycles. The predicted molar refractivity (Wildman–Crippen MR) is 90.5 cm³/mol. The van der Waals surface area contributed by atoms with E-state index >= 15 is 0 Å². The smallest absolute Gasteiger partial charge is 0.248 e. The zero-order valence-corrected chi connectivity index (χ0v) is 13.0. The van der Waals surface area contributed by atoms with Gasteiger partial charge in [0.2, 0.25) is 11.3 Å². The van der Waals surface area contributed by atoms with Crippen molar-refractivity contribution >= 4 is 22.5 Å². The van der Waals surface area contributed by atoms with Crippen molar-refractivity contribution in [3.8, 4) is 0 Å². The minimum atomic E-state index is -0.541. The monoisotopic (exact) mass is 307 g/mol. The fraction of sp³-hybridized carbons (Fsp3) is 0.167. The lowest BCUT2D eigenvalue weighted by Crippen LogP contribution is -2.26. The normalized spacial score (nSPS) is 12.1. The van der Waals surface area contributed by atoms with Gasteiger partial charge in [-0.1, -0.05) is 24.3 Å². The van der Waals surface area contributed by atoms with E-state index in [0.29, 0.717) is 10.9 Å². The Morgan fingerprint density at radius 2 is 1.96 bits per heavy atom. The van der Waals surface area contributed by atoms with Gasteiger partial charge >= 0.3 is 0 Å². The zero-order chi connectivity index (χ0) is 16.4. The van der Waals surface area contributed by atoms with Crippen LogP contribution in [0.2, 0.25) is 0 Å². The Bertz CT molecular complexity index is 931. The van der Waals surface area contributed by atoms with Crippen LogP contribution in [-0.2, 0) is 4.79 Å². The molecule has 116 valence electrons. The van der Waals surface area contributed by atoms with Crippen LogP contribution in [-0.4, -0.2) is 15.7 Å². The number of fused-ring (bicyclic) bond motifs is 1. The molecule has 1 N–H and O–H groups in total. The first-order chi connectivity index (χ1) is 11.1. The lowest BCUT2D eigenvalue weighted by Gasteiger charge is -2.17. The Labute approximate surface area is 133 Å². The van der Waals surface area contributed by atoms with E-state index in [2.05, 4.69) is 10.4 Å². The SMILES string of the molecule is Cc1cccc(NC(=O)[C@H](C)n2ncc(=O)c3ccccc32)c1. The topological polar surface area (TPSA) is 64.0 Å². The fourth-order valence-corrected chi connectivity index (χ4v) is 2.52. The maximum Gasteiger partial charge on any atom is 0.248 e. The standard InChI is InChI=1S/C18H17N3O2/c1-12-6-5-7-14(10-12)20-18(23)13(2)21-16-9-4-3-8-15(16)17(22)11-19-21/h3-11,13H,1-2H3,(H,20,23)/t13-/m0/s1. The molecule has 0 fully saturated rings. The number of carbonyl (C=O) groups is 1. The maximum absolute atomic E-state index is 12.5. The van der Waals surface area contributed by atoms with Crippen LogP contribution in [0, 0.1) is 6.92 Å².